The van der Waals surface area contributed by atoms with Crippen molar-refractivity contribution in [2.45, 2.75) is 27.7 Å². The van der Waals surface area contributed by atoms with Crippen LogP contribution >= 0.6 is 0 Å². The van der Waals surface area contributed by atoms with E-state index in [-0.39, 0.29) is 0 Å². The maximum Gasteiger partial charge on any atom is 0.138 e. The zero-order valence-electron chi connectivity index (χ0n) is 14.7. The van der Waals surface area contributed by atoms with Crippen molar-refractivity contribution in [1.29, 1.82) is 0 Å². The number of benzene rings is 2. The van der Waals surface area contributed by atoms with Gasteiger partial charge in [-0.05, 0) is 44.4 Å². The van der Waals surface area contributed by atoms with Crippen molar-refractivity contribution >= 4 is 12.4 Å². The van der Waals surface area contributed by atoms with E-state index in [1.807, 2.05) is 38.1 Å². The molecule has 0 bridgehead atoms. The summed E-state index contributed by atoms with van der Waals surface area (Å²) in [6.45, 7) is 8.13. The minimum atomic E-state index is 0.766. The average Bonchev–Trinajstić information content (AvgIpc) is 2.53. The SMILES string of the molecule is CC(C)=C(N/N=C/c1cccc(C)c1)N/N=C/c1cccc(C)c1. The molecule has 2 N–H and O–H groups in total. The summed E-state index contributed by atoms with van der Waals surface area (Å²) in [6, 6.07) is 16.4. The lowest BCUT2D eigenvalue weighted by atomic mass is 10.2. The van der Waals surface area contributed by atoms with E-state index >= 15 is 0 Å². The van der Waals surface area contributed by atoms with Crippen LogP contribution in [0.2, 0.25) is 0 Å². The topological polar surface area (TPSA) is 48.8 Å². The Morgan fingerprint density at radius 3 is 1.62 bits per heavy atom. The second kappa shape index (κ2) is 8.67. The molecule has 24 heavy (non-hydrogen) atoms. The molecule has 0 aliphatic rings. The van der Waals surface area contributed by atoms with Crippen LogP contribution < -0.4 is 10.9 Å². The molecule has 0 aliphatic heterocycles. The molecule has 0 aliphatic carbocycles. The third-order valence-corrected chi connectivity index (χ3v) is 3.36. The van der Waals surface area contributed by atoms with Crippen LogP contribution in [0.4, 0.5) is 0 Å². The van der Waals surface area contributed by atoms with Gasteiger partial charge in [-0.2, -0.15) is 10.2 Å². The van der Waals surface area contributed by atoms with Crippen LogP contribution in [0.15, 0.2) is 70.1 Å². The maximum atomic E-state index is 4.27. The molecule has 4 heteroatoms. The second-order valence-electron chi connectivity index (χ2n) is 5.94. The molecule has 0 atom stereocenters. The summed E-state index contributed by atoms with van der Waals surface area (Å²) < 4.78 is 0. The average molecular weight is 320 g/mol. The summed E-state index contributed by atoms with van der Waals surface area (Å²) in [7, 11) is 0. The van der Waals surface area contributed by atoms with Crippen LogP contribution in [-0.2, 0) is 0 Å². The van der Waals surface area contributed by atoms with Crippen molar-refractivity contribution in [3.8, 4) is 0 Å². The Balaban J connectivity index is 1.96. The van der Waals surface area contributed by atoms with Crippen molar-refractivity contribution < 1.29 is 0 Å². The van der Waals surface area contributed by atoms with Crippen LogP contribution in [-0.4, -0.2) is 12.4 Å². The molecule has 0 amide bonds. The molecule has 4 nitrogen and oxygen atoms in total. The Bertz CT molecular complexity index is 709. The van der Waals surface area contributed by atoms with Crippen molar-refractivity contribution in [3.05, 3.63) is 82.2 Å². The van der Waals surface area contributed by atoms with E-state index in [0.717, 1.165) is 22.5 Å². The predicted molar refractivity (Wildman–Crippen MR) is 102 cm³/mol. The Morgan fingerprint density at radius 2 is 1.25 bits per heavy atom. The van der Waals surface area contributed by atoms with E-state index in [9.17, 15) is 0 Å². The van der Waals surface area contributed by atoms with Gasteiger partial charge in [0.1, 0.15) is 5.82 Å². The molecule has 0 aromatic heterocycles. The summed E-state index contributed by atoms with van der Waals surface area (Å²) in [5.41, 5.74) is 11.6. The minimum absolute atomic E-state index is 0.766. The molecule has 2 aromatic rings. The lowest BCUT2D eigenvalue weighted by molar-refractivity contribution is 0.730. The van der Waals surface area contributed by atoms with E-state index in [2.05, 4.69) is 59.2 Å². The van der Waals surface area contributed by atoms with E-state index in [4.69, 9.17) is 0 Å². The Kier molecular flexibility index (Phi) is 6.32. The minimum Gasteiger partial charge on any atom is -0.262 e. The Hall–Kier alpha value is -2.88. The fourth-order valence-corrected chi connectivity index (χ4v) is 2.09. The third kappa shape index (κ3) is 5.72. The van der Waals surface area contributed by atoms with E-state index in [1.54, 1.807) is 12.4 Å². The van der Waals surface area contributed by atoms with Crippen molar-refractivity contribution in [2.24, 2.45) is 10.2 Å². The first kappa shape index (κ1) is 17.5. The molecule has 0 fully saturated rings. The van der Waals surface area contributed by atoms with Crippen LogP contribution in [0.3, 0.4) is 0 Å². The van der Waals surface area contributed by atoms with Gasteiger partial charge in [0.25, 0.3) is 0 Å². The largest absolute Gasteiger partial charge is 0.262 e. The molecule has 124 valence electrons. The van der Waals surface area contributed by atoms with Gasteiger partial charge in [0.2, 0.25) is 0 Å². The Labute approximate surface area is 144 Å². The fourth-order valence-electron chi connectivity index (χ4n) is 2.09. The molecule has 0 unspecified atom stereocenters. The predicted octanol–water partition coefficient (Wildman–Crippen LogP) is 4.10. The van der Waals surface area contributed by atoms with Crippen molar-refractivity contribution in [1.82, 2.24) is 10.9 Å². The molecule has 0 saturated carbocycles. The van der Waals surface area contributed by atoms with Gasteiger partial charge in [-0.25, -0.2) is 0 Å². The highest BCUT2D eigenvalue weighted by Gasteiger charge is 1.96. The lowest BCUT2D eigenvalue weighted by Gasteiger charge is -2.08. The number of allylic oxidation sites excluding steroid dienone is 1. The van der Waals surface area contributed by atoms with Gasteiger partial charge in [0.15, 0.2) is 0 Å². The molecule has 0 radical (unpaired) electrons. The van der Waals surface area contributed by atoms with Gasteiger partial charge in [-0.1, -0.05) is 59.7 Å². The van der Waals surface area contributed by atoms with Gasteiger partial charge in [-0.15, -0.1) is 0 Å². The quantitative estimate of drug-likeness (QED) is 0.622. The lowest BCUT2D eigenvalue weighted by Crippen LogP contribution is -2.20. The van der Waals surface area contributed by atoms with Crippen LogP contribution in [0, 0.1) is 13.8 Å². The first-order valence-electron chi connectivity index (χ1n) is 7.93. The number of hydrazone groups is 2. The number of nitrogens with one attached hydrogen (secondary N) is 2. The summed E-state index contributed by atoms with van der Waals surface area (Å²) in [4.78, 5) is 0. The summed E-state index contributed by atoms with van der Waals surface area (Å²) in [5, 5.41) is 8.55. The van der Waals surface area contributed by atoms with E-state index in [1.165, 1.54) is 11.1 Å². The Morgan fingerprint density at radius 1 is 0.792 bits per heavy atom. The second-order valence-corrected chi connectivity index (χ2v) is 5.94. The molecule has 0 saturated heterocycles. The monoisotopic (exact) mass is 320 g/mol. The fraction of sp³-hybridized carbons (Fsp3) is 0.200. The standard InChI is InChI=1S/C20H24N4/c1-15(2)20(23-21-13-18-9-5-7-16(3)11-18)24-22-14-19-10-6-8-17(4)12-19/h5-14,23-24H,1-4H3/b21-13+,22-14+. The van der Waals surface area contributed by atoms with Gasteiger partial charge in [0.05, 0.1) is 12.4 Å². The number of aryl methyl sites for hydroxylation is 2. The van der Waals surface area contributed by atoms with Crippen molar-refractivity contribution in [3.63, 3.8) is 0 Å². The van der Waals surface area contributed by atoms with Gasteiger partial charge in [-0.3, -0.25) is 10.9 Å². The molecule has 0 spiro atoms. The molecule has 2 aromatic carbocycles. The first-order valence-corrected chi connectivity index (χ1v) is 7.93. The maximum absolute atomic E-state index is 4.27. The summed E-state index contributed by atoms with van der Waals surface area (Å²) >= 11 is 0. The zero-order chi connectivity index (χ0) is 17.4. The van der Waals surface area contributed by atoms with Crippen molar-refractivity contribution in [2.75, 3.05) is 0 Å². The molecule has 2 rings (SSSR count). The number of rotatable bonds is 6. The molecule has 0 heterocycles. The van der Waals surface area contributed by atoms with E-state index < -0.39 is 0 Å². The summed E-state index contributed by atoms with van der Waals surface area (Å²) in [5.74, 6) is 0.766. The number of hydrogen-bond acceptors (Lipinski definition) is 4. The molecular formula is C20H24N4. The number of hydrogen-bond donors (Lipinski definition) is 2. The highest BCUT2D eigenvalue weighted by molar-refractivity contribution is 5.80. The summed E-state index contributed by atoms with van der Waals surface area (Å²) in [6.07, 6.45) is 3.59. The van der Waals surface area contributed by atoms with Gasteiger partial charge < -0.3 is 0 Å². The van der Waals surface area contributed by atoms with Crippen LogP contribution in [0.1, 0.15) is 36.1 Å². The highest BCUT2D eigenvalue weighted by atomic mass is 15.4. The number of nitrogens with zero attached hydrogens (tertiary/aromatic N) is 2. The smallest absolute Gasteiger partial charge is 0.138 e. The highest BCUT2D eigenvalue weighted by Crippen LogP contribution is 2.02. The van der Waals surface area contributed by atoms with Crippen LogP contribution in [0.25, 0.3) is 0 Å². The van der Waals surface area contributed by atoms with Gasteiger partial charge in [0, 0.05) is 0 Å². The van der Waals surface area contributed by atoms with E-state index in [0.29, 0.717) is 0 Å². The normalized spacial score (nSPS) is 11.0. The van der Waals surface area contributed by atoms with Gasteiger partial charge >= 0.3 is 0 Å². The molecular weight excluding hydrogens is 296 g/mol. The zero-order valence-corrected chi connectivity index (χ0v) is 14.7. The van der Waals surface area contributed by atoms with Crippen LogP contribution in [0.5, 0.6) is 0 Å². The third-order valence-electron chi connectivity index (χ3n) is 3.36. The first-order chi connectivity index (χ1) is 11.5.